The molecule has 0 aromatic heterocycles. The van der Waals surface area contributed by atoms with Crippen LogP contribution in [0.1, 0.15) is 20.8 Å². The van der Waals surface area contributed by atoms with Crippen molar-refractivity contribution in [2.24, 2.45) is 0 Å². The molecule has 0 saturated carbocycles. The van der Waals surface area contributed by atoms with Crippen LogP contribution in [0, 0.1) is 0 Å². The molecule has 0 aromatic carbocycles. The molecule has 48 valence electrons. The minimum Gasteiger partial charge on any atom is -0.111 e. The summed E-state index contributed by atoms with van der Waals surface area (Å²) in [6.07, 6.45) is 0. The molecular formula is C7H11BS. The SMILES string of the molecule is [B]C(=C)SC(C)=C(C)C. The lowest BCUT2D eigenvalue weighted by molar-refractivity contribution is 1.35. The van der Waals surface area contributed by atoms with Gasteiger partial charge in [-0.3, -0.25) is 0 Å². The maximum Gasteiger partial charge on any atom is 0.123 e. The van der Waals surface area contributed by atoms with Gasteiger partial charge in [0.1, 0.15) is 7.85 Å². The van der Waals surface area contributed by atoms with Crippen molar-refractivity contribution in [3.63, 3.8) is 0 Å². The highest BCUT2D eigenvalue weighted by Gasteiger charge is 1.91. The number of thioether (sulfide) groups is 1. The fourth-order valence-corrected chi connectivity index (χ4v) is 0.896. The van der Waals surface area contributed by atoms with E-state index >= 15 is 0 Å². The Morgan fingerprint density at radius 2 is 1.78 bits per heavy atom. The van der Waals surface area contributed by atoms with Gasteiger partial charge in [-0.25, -0.2) is 0 Å². The first-order valence-corrected chi connectivity index (χ1v) is 3.62. The Bertz CT molecular complexity index is 143. The summed E-state index contributed by atoms with van der Waals surface area (Å²) in [5, 5.41) is 0. The number of rotatable bonds is 2. The molecule has 0 aliphatic heterocycles. The van der Waals surface area contributed by atoms with Gasteiger partial charge in [0.15, 0.2) is 0 Å². The minimum absolute atomic E-state index is 0.661. The summed E-state index contributed by atoms with van der Waals surface area (Å²) < 4.78 is 0. The monoisotopic (exact) mass is 138 g/mol. The molecule has 0 amide bonds. The summed E-state index contributed by atoms with van der Waals surface area (Å²) in [5.74, 6) is 0. The zero-order valence-electron chi connectivity index (χ0n) is 6.19. The van der Waals surface area contributed by atoms with Crippen molar-refractivity contribution in [1.29, 1.82) is 0 Å². The van der Waals surface area contributed by atoms with E-state index in [0.29, 0.717) is 4.80 Å². The molecule has 9 heavy (non-hydrogen) atoms. The van der Waals surface area contributed by atoms with Gasteiger partial charge >= 0.3 is 0 Å². The third kappa shape index (κ3) is 4.40. The molecule has 0 aliphatic rings. The summed E-state index contributed by atoms with van der Waals surface area (Å²) in [7, 11) is 5.37. The van der Waals surface area contributed by atoms with Gasteiger partial charge in [-0.1, -0.05) is 17.0 Å². The molecule has 0 spiro atoms. The fraction of sp³-hybridized carbons (Fsp3) is 0.429. The van der Waals surface area contributed by atoms with E-state index in [4.69, 9.17) is 7.85 Å². The molecule has 0 aliphatic carbocycles. The Hall–Kier alpha value is -0.105. The van der Waals surface area contributed by atoms with E-state index in [1.54, 1.807) is 0 Å². The van der Waals surface area contributed by atoms with Gasteiger partial charge in [-0.05, 0) is 25.7 Å². The Labute approximate surface area is 62.8 Å². The van der Waals surface area contributed by atoms with Crippen molar-refractivity contribution >= 4 is 19.6 Å². The standard InChI is InChI=1S/C7H11BS/c1-5(2)6(3)9-7(4)8/h4H2,1-3H3. The second-order valence-electron chi connectivity index (χ2n) is 2.12. The van der Waals surface area contributed by atoms with E-state index in [9.17, 15) is 0 Å². The maximum absolute atomic E-state index is 5.37. The highest BCUT2D eigenvalue weighted by atomic mass is 32.2. The molecule has 0 aromatic rings. The lowest BCUT2D eigenvalue weighted by Gasteiger charge is -2.00. The molecule has 0 rings (SSSR count). The van der Waals surface area contributed by atoms with E-state index in [1.165, 1.54) is 22.2 Å². The summed E-state index contributed by atoms with van der Waals surface area (Å²) >= 11 is 1.53. The van der Waals surface area contributed by atoms with Gasteiger partial charge in [0, 0.05) is 0 Å². The molecule has 0 saturated heterocycles. The molecule has 0 atom stereocenters. The number of hydrogen-bond acceptors (Lipinski definition) is 1. The lowest BCUT2D eigenvalue weighted by atomic mass is 10.2. The van der Waals surface area contributed by atoms with E-state index in [2.05, 4.69) is 20.4 Å². The van der Waals surface area contributed by atoms with Crippen molar-refractivity contribution < 1.29 is 0 Å². The first-order valence-electron chi connectivity index (χ1n) is 2.80. The van der Waals surface area contributed by atoms with Crippen LogP contribution in [0.2, 0.25) is 0 Å². The van der Waals surface area contributed by atoms with Gasteiger partial charge in [-0.15, -0.1) is 11.8 Å². The molecule has 0 nitrogen and oxygen atoms in total. The largest absolute Gasteiger partial charge is 0.123 e. The third-order valence-corrected chi connectivity index (χ3v) is 1.96. The second kappa shape index (κ2) is 3.83. The first-order chi connectivity index (χ1) is 4.04. The smallest absolute Gasteiger partial charge is 0.111 e. The Morgan fingerprint density at radius 3 is 1.89 bits per heavy atom. The highest BCUT2D eigenvalue weighted by Crippen LogP contribution is 2.23. The number of hydrogen-bond donors (Lipinski definition) is 0. The van der Waals surface area contributed by atoms with Crippen molar-refractivity contribution in [2.45, 2.75) is 20.8 Å². The van der Waals surface area contributed by atoms with Crippen LogP contribution < -0.4 is 0 Å². The molecule has 0 heterocycles. The molecule has 0 bridgehead atoms. The minimum atomic E-state index is 0.661. The maximum atomic E-state index is 5.37. The molecular weight excluding hydrogens is 127 g/mol. The molecule has 0 fully saturated rings. The lowest BCUT2D eigenvalue weighted by Crippen LogP contribution is -1.74. The second-order valence-corrected chi connectivity index (χ2v) is 3.47. The summed E-state index contributed by atoms with van der Waals surface area (Å²) in [5.41, 5.74) is 1.30. The van der Waals surface area contributed by atoms with Gasteiger partial charge in [0.05, 0.1) is 0 Å². The average molecular weight is 138 g/mol. The molecule has 2 radical (unpaired) electrons. The molecule has 0 N–H and O–H groups in total. The quantitative estimate of drug-likeness (QED) is 0.528. The van der Waals surface area contributed by atoms with Gasteiger partial charge in [0.25, 0.3) is 0 Å². The Balaban J connectivity index is 3.92. The first kappa shape index (κ1) is 8.89. The van der Waals surface area contributed by atoms with Crippen LogP contribution in [0.15, 0.2) is 21.9 Å². The van der Waals surface area contributed by atoms with Gasteiger partial charge < -0.3 is 0 Å². The van der Waals surface area contributed by atoms with E-state index < -0.39 is 0 Å². The van der Waals surface area contributed by atoms with Crippen LogP contribution in [0.4, 0.5) is 0 Å². The van der Waals surface area contributed by atoms with E-state index in [1.807, 2.05) is 6.92 Å². The van der Waals surface area contributed by atoms with E-state index in [-0.39, 0.29) is 0 Å². The molecule has 2 heteroatoms. The van der Waals surface area contributed by atoms with Crippen molar-refractivity contribution in [1.82, 2.24) is 0 Å². The topological polar surface area (TPSA) is 0 Å². The van der Waals surface area contributed by atoms with Crippen LogP contribution in [0.25, 0.3) is 0 Å². The fourth-order valence-electron chi connectivity index (χ4n) is 0.299. The zero-order chi connectivity index (χ0) is 7.44. The molecule has 0 unspecified atom stereocenters. The average Bonchev–Trinajstić information content (AvgIpc) is 1.63. The highest BCUT2D eigenvalue weighted by molar-refractivity contribution is 8.07. The Morgan fingerprint density at radius 1 is 1.33 bits per heavy atom. The van der Waals surface area contributed by atoms with Crippen molar-refractivity contribution in [3.05, 3.63) is 21.9 Å². The van der Waals surface area contributed by atoms with Crippen molar-refractivity contribution in [3.8, 4) is 0 Å². The Kier molecular flexibility index (Phi) is 3.79. The van der Waals surface area contributed by atoms with E-state index in [0.717, 1.165) is 0 Å². The van der Waals surface area contributed by atoms with Crippen LogP contribution >= 0.6 is 11.8 Å². The number of allylic oxidation sites excluding steroid dienone is 2. The summed E-state index contributed by atoms with van der Waals surface area (Å²) in [6, 6.07) is 0. The third-order valence-electron chi connectivity index (χ3n) is 0.988. The normalized spacial score (nSPS) is 8.78. The van der Waals surface area contributed by atoms with Crippen molar-refractivity contribution in [2.75, 3.05) is 0 Å². The van der Waals surface area contributed by atoms with Crippen LogP contribution in [-0.2, 0) is 0 Å². The van der Waals surface area contributed by atoms with Crippen LogP contribution in [0.3, 0.4) is 0 Å². The predicted octanol–water partition coefficient (Wildman–Crippen LogP) is 2.67. The van der Waals surface area contributed by atoms with Crippen LogP contribution in [0.5, 0.6) is 0 Å². The van der Waals surface area contributed by atoms with Gasteiger partial charge in [-0.2, -0.15) is 0 Å². The van der Waals surface area contributed by atoms with Gasteiger partial charge in [0.2, 0.25) is 0 Å². The predicted molar refractivity (Wildman–Crippen MR) is 46.5 cm³/mol. The summed E-state index contributed by atoms with van der Waals surface area (Å²) in [6.45, 7) is 9.75. The van der Waals surface area contributed by atoms with Crippen LogP contribution in [-0.4, -0.2) is 7.85 Å². The summed E-state index contributed by atoms with van der Waals surface area (Å²) in [4.78, 5) is 1.90. The zero-order valence-corrected chi connectivity index (χ0v) is 7.01.